The van der Waals surface area contributed by atoms with Gasteiger partial charge in [-0.15, -0.1) is 0 Å². The van der Waals surface area contributed by atoms with E-state index in [4.69, 9.17) is 9.84 Å². The molecule has 1 amide bonds. The highest BCUT2D eigenvalue weighted by molar-refractivity contribution is 5.82. The van der Waals surface area contributed by atoms with Gasteiger partial charge in [-0.25, -0.2) is 0 Å². The number of carbonyl (C=O) groups excluding carboxylic acids is 1. The molecule has 1 N–H and O–H groups in total. The van der Waals surface area contributed by atoms with Gasteiger partial charge in [-0.3, -0.25) is 9.59 Å². The summed E-state index contributed by atoms with van der Waals surface area (Å²) < 4.78 is 5.39. The van der Waals surface area contributed by atoms with Crippen molar-refractivity contribution in [2.24, 2.45) is 17.8 Å². The Labute approximate surface area is 138 Å². The van der Waals surface area contributed by atoms with E-state index in [2.05, 4.69) is 0 Å². The third-order valence-electron chi connectivity index (χ3n) is 5.89. The Morgan fingerprint density at radius 3 is 2.39 bits per heavy atom. The molecule has 5 nitrogen and oxygen atoms in total. The molecule has 1 aliphatic heterocycles. The van der Waals surface area contributed by atoms with Gasteiger partial charge < -0.3 is 14.7 Å². The molecule has 0 spiro atoms. The highest BCUT2D eigenvalue weighted by Gasteiger charge is 2.49. The Hall–Kier alpha value is -1.10. The third kappa shape index (κ3) is 4.25. The molecular weight excluding hydrogens is 294 g/mol. The summed E-state index contributed by atoms with van der Waals surface area (Å²) in [6.45, 7) is 1.71. The predicted octanol–water partition coefficient (Wildman–Crippen LogP) is 2.69. The molecule has 5 heteroatoms. The molecule has 0 radical (unpaired) electrons. The van der Waals surface area contributed by atoms with Crippen LogP contribution in [0.1, 0.15) is 57.8 Å². The molecule has 2 unspecified atom stereocenters. The zero-order valence-electron chi connectivity index (χ0n) is 13.9. The van der Waals surface area contributed by atoms with Gasteiger partial charge in [-0.1, -0.05) is 32.1 Å². The number of aliphatic carboxylic acids is 1. The van der Waals surface area contributed by atoms with Crippen LogP contribution in [-0.4, -0.2) is 47.7 Å². The average Bonchev–Trinajstić information content (AvgIpc) is 3.37. The Balaban J connectivity index is 1.59. The Morgan fingerprint density at radius 2 is 1.74 bits per heavy atom. The lowest BCUT2D eigenvalue weighted by molar-refractivity contribution is -0.141. The molecule has 2 saturated carbocycles. The average molecular weight is 323 g/mol. The lowest BCUT2D eigenvalue weighted by Gasteiger charge is -2.34. The standard InChI is InChI=1S/C18H29NO4/c20-17(21)6-9-19(14-7-10-23-11-8-14)18(22)16-12-15(16)13-4-2-1-3-5-13/h13-16H,1-12H2,(H,20,21). The number of carboxylic acids is 1. The highest BCUT2D eigenvalue weighted by atomic mass is 16.5. The van der Waals surface area contributed by atoms with Crippen molar-refractivity contribution in [3.05, 3.63) is 0 Å². The van der Waals surface area contributed by atoms with Crippen molar-refractivity contribution in [2.75, 3.05) is 19.8 Å². The normalized spacial score (nSPS) is 29.2. The molecule has 1 saturated heterocycles. The van der Waals surface area contributed by atoms with Crippen LogP contribution in [0.25, 0.3) is 0 Å². The van der Waals surface area contributed by atoms with E-state index < -0.39 is 5.97 Å². The van der Waals surface area contributed by atoms with Crippen LogP contribution in [0.5, 0.6) is 0 Å². The van der Waals surface area contributed by atoms with E-state index in [-0.39, 0.29) is 24.3 Å². The fourth-order valence-electron chi connectivity index (χ4n) is 4.48. The second kappa shape index (κ2) is 7.65. The first-order valence-electron chi connectivity index (χ1n) is 9.27. The molecule has 0 bridgehead atoms. The first-order valence-corrected chi connectivity index (χ1v) is 9.27. The quantitative estimate of drug-likeness (QED) is 0.816. The SMILES string of the molecule is O=C(O)CCN(C(=O)C1CC1C1CCCCC1)C1CCOCC1. The second-order valence-corrected chi connectivity index (χ2v) is 7.42. The summed E-state index contributed by atoms with van der Waals surface area (Å²) in [5.41, 5.74) is 0. The molecular formula is C18H29NO4. The van der Waals surface area contributed by atoms with Gasteiger partial charge >= 0.3 is 5.97 Å². The molecule has 0 aromatic heterocycles. The lowest BCUT2D eigenvalue weighted by atomic mass is 9.85. The summed E-state index contributed by atoms with van der Waals surface area (Å²) in [7, 11) is 0. The number of nitrogens with zero attached hydrogens (tertiary/aromatic N) is 1. The molecule has 2 aliphatic carbocycles. The molecule has 23 heavy (non-hydrogen) atoms. The zero-order valence-corrected chi connectivity index (χ0v) is 13.9. The maximum Gasteiger partial charge on any atom is 0.305 e. The number of carbonyl (C=O) groups is 2. The van der Waals surface area contributed by atoms with Crippen LogP contribution < -0.4 is 0 Å². The number of amides is 1. The van der Waals surface area contributed by atoms with E-state index in [0.29, 0.717) is 25.7 Å². The van der Waals surface area contributed by atoms with Crippen molar-refractivity contribution in [1.82, 2.24) is 4.90 Å². The fourth-order valence-corrected chi connectivity index (χ4v) is 4.48. The monoisotopic (exact) mass is 323 g/mol. The van der Waals surface area contributed by atoms with Crippen molar-refractivity contribution in [3.8, 4) is 0 Å². The van der Waals surface area contributed by atoms with Crippen LogP contribution in [0.15, 0.2) is 0 Å². The maximum absolute atomic E-state index is 13.0. The largest absolute Gasteiger partial charge is 0.481 e. The van der Waals surface area contributed by atoms with Gasteiger partial charge in [0.15, 0.2) is 0 Å². The fraction of sp³-hybridized carbons (Fsp3) is 0.889. The van der Waals surface area contributed by atoms with Gasteiger partial charge in [-0.2, -0.15) is 0 Å². The van der Waals surface area contributed by atoms with Crippen LogP contribution in [0.4, 0.5) is 0 Å². The minimum Gasteiger partial charge on any atom is -0.481 e. The Bertz CT molecular complexity index is 427. The third-order valence-corrected chi connectivity index (χ3v) is 5.89. The summed E-state index contributed by atoms with van der Waals surface area (Å²) in [6.07, 6.45) is 9.27. The van der Waals surface area contributed by atoms with Crippen LogP contribution >= 0.6 is 0 Å². The lowest BCUT2D eigenvalue weighted by Crippen LogP contribution is -2.45. The first kappa shape index (κ1) is 16.7. The topological polar surface area (TPSA) is 66.8 Å². The van der Waals surface area contributed by atoms with E-state index in [0.717, 1.165) is 25.2 Å². The van der Waals surface area contributed by atoms with Gasteiger partial charge in [0.2, 0.25) is 5.91 Å². The molecule has 2 atom stereocenters. The minimum absolute atomic E-state index is 0.0455. The van der Waals surface area contributed by atoms with E-state index in [1.165, 1.54) is 32.1 Å². The van der Waals surface area contributed by atoms with Crippen molar-refractivity contribution < 1.29 is 19.4 Å². The van der Waals surface area contributed by atoms with Gasteiger partial charge in [0.05, 0.1) is 6.42 Å². The van der Waals surface area contributed by atoms with Crippen LogP contribution in [0.2, 0.25) is 0 Å². The van der Waals surface area contributed by atoms with E-state index in [1.807, 2.05) is 4.90 Å². The number of ether oxygens (including phenoxy) is 1. The van der Waals surface area contributed by atoms with E-state index >= 15 is 0 Å². The molecule has 0 aromatic carbocycles. The Kier molecular flexibility index (Phi) is 5.57. The summed E-state index contributed by atoms with van der Waals surface area (Å²) >= 11 is 0. The van der Waals surface area contributed by atoms with Crippen molar-refractivity contribution in [1.29, 1.82) is 0 Å². The van der Waals surface area contributed by atoms with Crippen molar-refractivity contribution in [3.63, 3.8) is 0 Å². The van der Waals surface area contributed by atoms with Crippen LogP contribution in [0.3, 0.4) is 0 Å². The Morgan fingerprint density at radius 1 is 1.04 bits per heavy atom. The van der Waals surface area contributed by atoms with E-state index in [1.54, 1.807) is 0 Å². The number of carboxylic acid groups (broad SMARTS) is 1. The molecule has 3 aliphatic rings. The number of hydrogen-bond donors (Lipinski definition) is 1. The van der Waals surface area contributed by atoms with Gasteiger partial charge in [0.25, 0.3) is 0 Å². The van der Waals surface area contributed by atoms with Crippen molar-refractivity contribution >= 4 is 11.9 Å². The van der Waals surface area contributed by atoms with Crippen molar-refractivity contribution in [2.45, 2.75) is 63.8 Å². The highest BCUT2D eigenvalue weighted by Crippen LogP contribution is 2.50. The van der Waals surface area contributed by atoms with E-state index in [9.17, 15) is 9.59 Å². The zero-order chi connectivity index (χ0) is 16.2. The number of rotatable bonds is 6. The summed E-state index contributed by atoms with van der Waals surface area (Å²) in [4.78, 5) is 25.8. The number of hydrogen-bond acceptors (Lipinski definition) is 3. The summed E-state index contributed by atoms with van der Waals surface area (Å²) in [6, 6.07) is 0.170. The van der Waals surface area contributed by atoms with Crippen LogP contribution in [-0.2, 0) is 14.3 Å². The minimum atomic E-state index is -0.825. The molecule has 1 heterocycles. The molecule has 3 rings (SSSR count). The molecule has 0 aromatic rings. The van der Waals surface area contributed by atoms with Gasteiger partial charge in [0, 0.05) is 31.7 Å². The summed E-state index contributed by atoms with van der Waals surface area (Å²) in [5, 5.41) is 8.99. The maximum atomic E-state index is 13.0. The first-order chi connectivity index (χ1) is 11.2. The summed E-state index contributed by atoms with van der Waals surface area (Å²) in [5.74, 6) is 0.849. The predicted molar refractivity (Wildman–Crippen MR) is 86.0 cm³/mol. The van der Waals surface area contributed by atoms with Gasteiger partial charge in [0.1, 0.15) is 0 Å². The second-order valence-electron chi connectivity index (χ2n) is 7.42. The van der Waals surface area contributed by atoms with Crippen LogP contribution in [0, 0.1) is 17.8 Å². The smallest absolute Gasteiger partial charge is 0.305 e. The molecule has 3 fully saturated rings. The molecule has 130 valence electrons. The van der Waals surface area contributed by atoms with Gasteiger partial charge in [-0.05, 0) is 31.1 Å².